The molecule has 1 aliphatic heterocycles. The maximum Gasteiger partial charge on any atom is 0.209 e. The highest BCUT2D eigenvalue weighted by molar-refractivity contribution is 5.85. The fourth-order valence-corrected chi connectivity index (χ4v) is 0.901. The second kappa shape index (κ2) is 3.78. The third-order valence-electron chi connectivity index (χ3n) is 1.77. The molecule has 3 nitrogen and oxygen atoms in total. The Balaban J connectivity index is 0.000000810. The largest absolute Gasteiger partial charge is 0.342 e. The van der Waals surface area contributed by atoms with Crippen LogP contribution in [0.15, 0.2) is 0 Å². The van der Waals surface area contributed by atoms with Gasteiger partial charge in [-0.15, -0.1) is 12.4 Å². The Bertz CT molecular complexity index is 112. The molecule has 1 heterocycles. The van der Waals surface area contributed by atoms with Gasteiger partial charge in [0.15, 0.2) is 0 Å². The number of hydrogen-bond donors (Lipinski definition) is 0. The molecule has 60 valence electrons. The molecule has 10 heavy (non-hydrogen) atoms. The van der Waals surface area contributed by atoms with Crippen molar-refractivity contribution in [2.45, 2.75) is 6.04 Å². The summed E-state index contributed by atoms with van der Waals surface area (Å²) in [5.74, 6) is 0. The average Bonchev–Trinajstić information content (AvgIpc) is 1.61. The lowest BCUT2D eigenvalue weighted by Gasteiger charge is -2.40. The maximum absolute atomic E-state index is 10.1. The zero-order valence-electron chi connectivity index (χ0n) is 6.28. The lowest BCUT2D eigenvalue weighted by molar-refractivity contribution is -0.124. The summed E-state index contributed by atoms with van der Waals surface area (Å²) in [6.07, 6.45) is 0.903. The second-order valence-corrected chi connectivity index (χ2v) is 2.68. The molecule has 0 N–H and O–H groups in total. The molecule has 1 aliphatic rings. The van der Waals surface area contributed by atoms with Crippen molar-refractivity contribution in [3.63, 3.8) is 0 Å². The van der Waals surface area contributed by atoms with Gasteiger partial charge < -0.3 is 9.80 Å². The Morgan fingerprint density at radius 1 is 1.50 bits per heavy atom. The van der Waals surface area contributed by atoms with Crippen LogP contribution in [0.5, 0.6) is 0 Å². The number of hydrogen-bond acceptors (Lipinski definition) is 2. The molecule has 0 bridgehead atoms. The van der Waals surface area contributed by atoms with Gasteiger partial charge in [-0.05, 0) is 14.1 Å². The van der Waals surface area contributed by atoms with Crippen LogP contribution in [-0.4, -0.2) is 49.4 Å². The predicted molar refractivity (Wildman–Crippen MR) is 42.4 cm³/mol. The number of rotatable bonds is 2. The standard InChI is InChI=1S/C6H12N2O.ClH/c1-7(2)6-3-8(4-6)5-9;/h5-6H,3-4H2,1-2H3;1H. The highest BCUT2D eigenvalue weighted by Crippen LogP contribution is 2.08. The molecule has 0 unspecified atom stereocenters. The summed E-state index contributed by atoms with van der Waals surface area (Å²) < 4.78 is 0. The summed E-state index contributed by atoms with van der Waals surface area (Å²) in [6, 6.07) is 0.593. The first-order valence-corrected chi connectivity index (χ1v) is 3.10. The summed E-state index contributed by atoms with van der Waals surface area (Å²) in [7, 11) is 4.07. The van der Waals surface area contributed by atoms with Crippen LogP contribution in [0.25, 0.3) is 0 Å². The molecule has 1 fully saturated rings. The molecule has 0 aromatic carbocycles. The smallest absolute Gasteiger partial charge is 0.209 e. The third kappa shape index (κ3) is 1.85. The predicted octanol–water partition coefficient (Wildman–Crippen LogP) is -0.190. The van der Waals surface area contributed by atoms with Gasteiger partial charge in [-0.2, -0.15) is 0 Å². The van der Waals surface area contributed by atoms with E-state index in [0.29, 0.717) is 6.04 Å². The van der Waals surface area contributed by atoms with Gasteiger partial charge in [0.1, 0.15) is 0 Å². The van der Waals surface area contributed by atoms with Crippen LogP contribution < -0.4 is 0 Å². The molecule has 0 saturated carbocycles. The fraction of sp³-hybridized carbons (Fsp3) is 0.833. The minimum absolute atomic E-state index is 0. The number of nitrogens with zero attached hydrogens (tertiary/aromatic N) is 2. The lowest BCUT2D eigenvalue weighted by Crippen LogP contribution is -2.56. The van der Waals surface area contributed by atoms with Crippen LogP contribution in [0.2, 0.25) is 0 Å². The van der Waals surface area contributed by atoms with Crippen molar-refractivity contribution in [1.29, 1.82) is 0 Å². The van der Waals surface area contributed by atoms with Crippen LogP contribution >= 0.6 is 12.4 Å². The van der Waals surface area contributed by atoms with E-state index in [9.17, 15) is 4.79 Å². The minimum atomic E-state index is 0. The van der Waals surface area contributed by atoms with E-state index in [1.807, 2.05) is 14.1 Å². The van der Waals surface area contributed by atoms with E-state index >= 15 is 0 Å². The second-order valence-electron chi connectivity index (χ2n) is 2.68. The first-order valence-electron chi connectivity index (χ1n) is 3.10. The number of likely N-dealkylation sites (N-methyl/N-ethyl adjacent to an activating group) is 1. The van der Waals surface area contributed by atoms with E-state index in [1.165, 1.54) is 0 Å². The quantitative estimate of drug-likeness (QED) is 0.529. The number of likely N-dealkylation sites (tertiary alicyclic amines) is 1. The van der Waals surface area contributed by atoms with Gasteiger partial charge in [0, 0.05) is 19.1 Å². The van der Waals surface area contributed by atoms with Gasteiger partial charge in [-0.1, -0.05) is 0 Å². The van der Waals surface area contributed by atoms with Gasteiger partial charge in [0.2, 0.25) is 6.41 Å². The zero-order valence-corrected chi connectivity index (χ0v) is 7.10. The SMILES string of the molecule is CN(C)C1CN(C=O)C1.Cl. The number of carbonyl (C=O) groups is 1. The normalized spacial score (nSPS) is 18.1. The van der Waals surface area contributed by atoms with Crippen molar-refractivity contribution in [3.8, 4) is 0 Å². The third-order valence-corrected chi connectivity index (χ3v) is 1.77. The minimum Gasteiger partial charge on any atom is -0.342 e. The van der Waals surface area contributed by atoms with Crippen molar-refractivity contribution in [2.24, 2.45) is 0 Å². The van der Waals surface area contributed by atoms with Crippen LogP contribution in [0, 0.1) is 0 Å². The molecule has 0 spiro atoms. The summed E-state index contributed by atoms with van der Waals surface area (Å²) >= 11 is 0. The van der Waals surface area contributed by atoms with E-state index in [2.05, 4.69) is 4.90 Å². The van der Waals surface area contributed by atoms with Gasteiger partial charge in [-0.25, -0.2) is 0 Å². The molecule has 0 aromatic rings. The van der Waals surface area contributed by atoms with Crippen molar-refractivity contribution in [3.05, 3.63) is 0 Å². The van der Waals surface area contributed by atoms with E-state index in [4.69, 9.17) is 0 Å². The molecular formula is C6H13ClN2O. The number of carbonyl (C=O) groups excluding carboxylic acids is 1. The average molecular weight is 165 g/mol. The highest BCUT2D eigenvalue weighted by Gasteiger charge is 2.26. The van der Waals surface area contributed by atoms with Crippen LogP contribution in [0.4, 0.5) is 0 Å². The summed E-state index contributed by atoms with van der Waals surface area (Å²) in [5, 5.41) is 0. The molecule has 0 atom stereocenters. The van der Waals surface area contributed by atoms with Crippen LogP contribution in [0.3, 0.4) is 0 Å². The Morgan fingerprint density at radius 3 is 2.30 bits per heavy atom. The van der Waals surface area contributed by atoms with Crippen molar-refractivity contribution < 1.29 is 4.79 Å². The molecule has 1 amide bonds. The Morgan fingerprint density at radius 2 is 2.00 bits per heavy atom. The maximum atomic E-state index is 10.1. The Hall–Kier alpha value is -0.280. The zero-order chi connectivity index (χ0) is 6.85. The Kier molecular flexibility index (Phi) is 3.68. The monoisotopic (exact) mass is 164 g/mol. The number of amides is 1. The molecular weight excluding hydrogens is 152 g/mol. The molecule has 1 rings (SSSR count). The molecule has 0 radical (unpaired) electrons. The van der Waals surface area contributed by atoms with Gasteiger partial charge >= 0.3 is 0 Å². The molecule has 0 aliphatic carbocycles. The van der Waals surface area contributed by atoms with E-state index in [-0.39, 0.29) is 12.4 Å². The van der Waals surface area contributed by atoms with E-state index in [1.54, 1.807) is 4.90 Å². The van der Waals surface area contributed by atoms with E-state index < -0.39 is 0 Å². The van der Waals surface area contributed by atoms with Crippen LogP contribution in [0.1, 0.15) is 0 Å². The van der Waals surface area contributed by atoms with Gasteiger partial charge in [0.05, 0.1) is 0 Å². The van der Waals surface area contributed by atoms with Crippen molar-refractivity contribution in [2.75, 3.05) is 27.2 Å². The number of halogens is 1. The van der Waals surface area contributed by atoms with E-state index in [0.717, 1.165) is 19.5 Å². The summed E-state index contributed by atoms with van der Waals surface area (Å²) in [4.78, 5) is 14.0. The van der Waals surface area contributed by atoms with Crippen LogP contribution in [-0.2, 0) is 4.79 Å². The van der Waals surface area contributed by atoms with Gasteiger partial charge in [-0.3, -0.25) is 4.79 Å². The summed E-state index contributed by atoms with van der Waals surface area (Å²) in [5.41, 5.74) is 0. The van der Waals surface area contributed by atoms with Crippen molar-refractivity contribution in [1.82, 2.24) is 9.80 Å². The first kappa shape index (κ1) is 9.72. The summed E-state index contributed by atoms with van der Waals surface area (Å²) in [6.45, 7) is 1.80. The lowest BCUT2D eigenvalue weighted by atomic mass is 10.1. The molecule has 4 heteroatoms. The highest BCUT2D eigenvalue weighted by atomic mass is 35.5. The molecule has 0 aromatic heterocycles. The Labute approximate surface area is 67.4 Å². The fourth-order valence-electron chi connectivity index (χ4n) is 0.901. The first-order chi connectivity index (χ1) is 4.24. The molecule has 1 saturated heterocycles. The van der Waals surface area contributed by atoms with Crippen molar-refractivity contribution >= 4 is 18.8 Å². The van der Waals surface area contributed by atoms with Gasteiger partial charge in [0.25, 0.3) is 0 Å². The topological polar surface area (TPSA) is 23.6 Å².